The van der Waals surface area contributed by atoms with Crippen molar-refractivity contribution in [1.82, 2.24) is 25.4 Å². The van der Waals surface area contributed by atoms with Gasteiger partial charge in [-0.3, -0.25) is 4.68 Å². The molecule has 0 aliphatic rings. The molecule has 26 heavy (non-hydrogen) atoms. The summed E-state index contributed by atoms with van der Waals surface area (Å²) < 4.78 is 7.49. The Morgan fingerprint density at radius 3 is 2.54 bits per heavy atom. The van der Waals surface area contributed by atoms with Crippen molar-refractivity contribution in [2.75, 3.05) is 19.7 Å². The normalized spacial score (nSPS) is 11.2. The highest BCUT2D eigenvalue weighted by Gasteiger charge is 2.02. The molecule has 0 bridgehead atoms. The summed E-state index contributed by atoms with van der Waals surface area (Å²) in [5, 5.41) is 10.5. The third kappa shape index (κ3) is 7.19. The minimum absolute atomic E-state index is 0. The van der Waals surface area contributed by atoms with Crippen LogP contribution in [0.3, 0.4) is 0 Å². The van der Waals surface area contributed by atoms with Gasteiger partial charge in [-0.25, -0.2) is 9.98 Å². The predicted molar refractivity (Wildman–Crippen MR) is 115 cm³/mol. The Morgan fingerprint density at radius 1 is 1.23 bits per heavy atom. The van der Waals surface area contributed by atoms with Crippen LogP contribution in [0.1, 0.15) is 38.1 Å². The molecular weight excluding hydrogens is 443 g/mol. The van der Waals surface area contributed by atoms with Gasteiger partial charge in [0.15, 0.2) is 5.96 Å². The van der Waals surface area contributed by atoms with E-state index in [1.165, 1.54) is 11.9 Å². The smallest absolute Gasteiger partial charge is 0.191 e. The van der Waals surface area contributed by atoms with Crippen LogP contribution in [0.2, 0.25) is 0 Å². The van der Waals surface area contributed by atoms with Gasteiger partial charge >= 0.3 is 0 Å². The number of rotatable bonds is 8. The van der Waals surface area contributed by atoms with Crippen molar-refractivity contribution in [2.45, 2.75) is 33.2 Å². The maximum atomic E-state index is 5.77. The molecular formula is C18H29IN6O. The molecule has 144 valence electrons. The topological polar surface area (TPSA) is 76.4 Å². The summed E-state index contributed by atoms with van der Waals surface area (Å²) in [5.74, 6) is 2.97. The minimum atomic E-state index is 0. The first kappa shape index (κ1) is 22.2. The van der Waals surface area contributed by atoms with Crippen LogP contribution in [0.4, 0.5) is 0 Å². The molecule has 1 heterocycles. The number of benzene rings is 1. The Bertz CT molecular complexity index is 669. The van der Waals surface area contributed by atoms with Gasteiger partial charge in [-0.1, -0.05) is 26.0 Å². The van der Waals surface area contributed by atoms with E-state index < -0.39 is 0 Å². The molecule has 0 atom stereocenters. The van der Waals surface area contributed by atoms with Crippen molar-refractivity contribution in [1.29, 1.82) is 0 Å². The van der Waals surface area contributed by atoms with Crippen LogP contribution in [0.5, 0.6) is 5.75 Å². The van der Waals surface area contributed by atoms with Crippen LogP contribution in [0.25, 0.3) is 0 Å². The molecule has 0 amide bonds. The zero-order valence-corrected chi connectivity index (χ0v) is 18.2. The number of nitrogens with zero attached hydrogens (tertiary/aromatic N) is 4. The molecule has 0 radical (unpaired) electrons. The van der Waals surface area contributed by atoms with Gasteiger partial charge in [0.25, 0.3) is 0 Å². The Kier molecular flexibility index (Phi) is 10.0. The van der Waals surface area contributed by atoms with Gasteiger partial charge in [0.1, 0.15) is 31.1 Å². The van der Waals surface area contributed by atoms with Gasteiger partial charge in [-0.05, 0) is 30.5 Å². The second-order valence-corrected chi connectivity index (χ2v) is 5.99. The Balaban J connectivity index is 0.00000338. The number of hydrogen-bond donors (Lipinski definition) is 2. The number of aliphatic imine (C=N–C) groups is 1. The summed E-state index contributed by atoms with van der Waals surface area (Å²) in [5.41, 5.74) is 1.32. The molecule has 1 aromatic carbocycles. The van der Waals surface area contributed by atoms with Crippen molar-refractivity contribution >= 4 is 29.9 Å². The predicted octanol–water partition coefficient (Wildman–Crippen LogP) is 2.69. The van der Waals surface area contributed by atoms with Crippen LogP contribution < -0.4 is 15.4 Å². The number of aromatic nitrogens is 3. The first-order valence-corrected chi connectivity index (χ1v) is 8.68. The minimum Gasteiger partial charge on any atom is -0.492 e. The van der Waals surface area contributed by atoms with Crippen molar-refractivity contribution in [3.8, 4) is 5.75 Å². The van der Waals surface area contributed by atoms with Crippen LogP contribution in [0, 0.1) is 0 Å². The second-order valence-electron chi connectivity index (χ2n) is 5.99. The van der Waals surface area contributed by atoms with Gasteiger partial charge in [0.05, 0.1) is 6.54 Å². The molecule has 2 N–H and O–H groups in total. The maximum Gasteiger partial charge on any atom is 0.191 e. The highest BCUT2D eigenvalue weighted by Crippen LogP contribution is 2.18. The Labute approximate surface area is 172 Å². The monoisotopic (exact) mass is 472 g/mol. The van der Waals surface area contributed by atoms with Gasteiger partial charge < -0.3 is 15.4 Å². The SMILES string of the molecule is CCNC(=NCc1ncnn1C)NCCOc1ccc(C(C)C)cc1.I. The zero-order chi connectivity index (χ0) is 18.1. The maximum absolute atomic E-state index is 5.77. The van der Waals surface area contributed by atoms with Gasteiger partial charge in [-0.2, -0.15) is 5.10 Å². The van der Waals surface area contributed by atoms with E-state index in [-0.39, 0.29) is 24.0 Å². The number of halogens is 1. The number of nitrogens with one attached hydrogen (secondary N) is 2. The fourth-order valence-electron chi connectivity index (χ4n) is 2.24. The van der Waals surface area contributed by atoms with E-state index >= 15 is 0 Å². The van der Waals surface area contributed by atoms with Gasteiger partial charge in [0, 0.05) is 13.6 Å². The Hall–Kier alpha value is -1.84. The lowest BCUT2D eigenvalue weighted by atomic mass is 10.0. The molecule has 0 saturated heterocycles. The molecule has 0 fully saturated rings. The van der Waals surface area contributed by atoms with Crippen LogP contribution >= 0.6 is 24.0 Å². The van der Waals surface area contributed by atoms with Crippen molar-refractivity contribution in [3.05, 3.63) is 42.0 Å². The van der Waals surface area contributed by atoms with E-state index in [2.05, 4.69) is 51.7 Å². The second kappa shape index (κ2) is 11.7. The molecule has 0 unspecified atom stereocenters. The lowest BCUT2D eigenvalue weighted by Crippen LogP contribution is -2.39. The lowest BCUT2D eigenvalue weighted by molar-refractivity contribution is 0.322. The highest BCUT2D eigenvalue weighted by molar-refractivity contribution is 14.0. The summed E-state index contributed by atoms with van der Waals surface area (Å²) in [6, 6.07) is 8.26. The quantitative estimate of drug-likeness (QED) is 0.268. The fourth-order valence-corrected chi connectivity index (χ4v) is 2.24. The third-order valence-electron chi connectivity index (χ3n) is 3.74. The van der Waals surface area contributed by atoms with E-state index in [1.54, 1.807) is 4.68 Å². The third-order valence-corrected chi connectivity index (χ3v) is 3.74. The van der Waals surface area contributed by atoms with E-state index in [0.717, 1.165) is 24.1 Å². The molecule has 2 rings (SSSR count). The molecule has 0 saturated carbocycles. The number of hydrogen-bond acceptors (Lipinski definition) is 4. The summed E-state index contributed by atoms with van der Waals surface area (Å²) in [4.78, 5) is 8.68. The number of guanidine groups is 1. The highest BCUT2D eigenvalue weighted by atomic mass is 127. The average Bonchev–Trinajstić information content (AvgIpc) is 3.02. The summed E-state index contributed by atoms with van der Waals surface area (Å²) in [6.07, 6.45) is 1.53. The van der Waals surface area contributed by atoms with Gasteiger partial charge in [-0.15, -0.1) is 24.0 Å². The lowest BCUT2D eigenvalue weighted by Gasteiger charge is -2.12. The van der Waals surface area contributed by atoms with Gasteiger partial charge in [0.2, 0.25) is 0 Å². The van der Waals surface area contributed by atoms with E-state index in [0.29, 0.717) is 25.6 Å². The van der Waals surface area contributed by atoms with Crippen LogP contribution in [-0.2, 0) is 13.6 Å². The van der Waals surface area contributed by atoms with E-state index in [9.17, 15) is 0 Å². The standard InChI is InChI=1S/C18H28N6O.HI/c1-5-19-18(21-12-17-22-13-23-24(17)4)20-10-11-25-16-8-6-15(7-9-16)14(2)3;/h6-9,13-14H,5,10-12H2,1-4H3,(H2,19,20,21);1H. The first-order chi connectivity index (χ1) is 12.1. The molecule has 0 spiro atoms. The number of aryl methyl sites for hydroxylation is 1. The molecule has 0 aliphatic heterocycles. The molecule has 2 aromatic rings. The van der Waals surface area contributed by atoms with Crippen LogP contribution in [-0.4, -0.2) is 40.4 Å². The first-order valence-electron chi connectivity index (χ1n) is 8.68. The van der Waals surface area contributed by atoms with E-state index in [1.807, 2.05) is 26.1 Å². The zero-order valence-electron chi connectivity index (χ0n) is 15.9. The molecule has 7 nitrogen and oxygen atoms in total. The average molecular weight is 472 g/mol. The fraction of sp³-hybridized carbons (Fsp3) is 0.500. The Morgan fingerprint density at radius 2 is 1.96 bits per heavy atom. The van der Waals surface area contributed by atoms with Crippen LogP contribution in [0.15, 0.2) is 35.6 Å². The largest absolute Gasteiger partial charge is 0.492 e. The summed E-state index contributed by atoms with van der Waals surface area (Å²) in [6.45, 7) is 8.90. The van der Waals surface area contributed by atoms with Crippen molar-refractivity contribution in [3.63, 3.8) is 0 Å². The molecule has 8 heteroatoms. The summed E-state index contributed by atoms with van der Waals surface area (Å²) >= 11 is 0. The van der Waals surface area contributed by atoms with Crippen molar-refractivity contribution in [2.24, 2.45) is 12.0 Å². The summed E-state index contributed by atoms with van der Waals surface area (Å²) in [7, 11) is 1.86. The molecule has 0 aliphatic carbocycles. The van der Waals surface area contributed by atoms with Crippen molar-refractivity contribution < 1.29 is 4.74 Å². The van der Waals surface area contributed by atoms with E-state index in [4.69, 9.17) is 4.74 Å². The molecule has 1 aromatic heterocycles. The number of ether oxygens (including phenoxy) is 1.